The summed E-state index contributed by atoms with van der Waals surface area (Å²) in [6.45, 7) is 8.09. The van der Waals surface area contributed by atoms with Crippen molar-refractivity contribution in [1.82, 2.24) is 0 Å². The summed E-state index contributed by atoms with van der Waals surface area (Å²) in [5.41, 5.74) is 0. The van der Waals surface area contributed by atoms with E-state index in [0.29, 0.717) is 6.10 Å². The Labute approximate surface area is 88.5 Å². The van der Waals surface area contributed by atoms with Gasteiger partial charge in [-0.2, -0.15) is 0 Å². The van der Waals surface area contributed by atoms with Gasteiger partial charge in [0.1, 0.15) is 0 Å². The van der Waals surface area contributed by atoms with Crippen molar-refractivity contribution >= 4 is 0 Å². The Morgan fingerprint density at radius 1 is 1.36 bits per heavy atom. The Morgan fingerprint density at radius 3 is 2.57 bits per heavy atom. The molecule has 0 bridgehead atoms. The fourth-order valence-corrected chi connectivity index (χ4v) is 2.78. The first-order valence-corrected chi connectivity index (χ1v) is 6.04. The van der Waals surface area contributed by atoms with Crippen LogP contribution in [0.15, 0.2) is 12.8 Å². The Kier molecular flexibility index (Phi) is 5.06. The van der Waals surface area contributed by atoms with Crippen molar-refractivity contribution in [2.75, 3.05) is 0 Å². The molecule has 0 radical (unpaired) electrons. The van der Waals surface area contributed by atoms with Gasteiger partial charge in [0.15, 0.2) is 0 Å². The summed E-state index contributed by atoms with van der Waals surface area (Å²) in [5.74, 6) is 1.84. The van der Waals surface area contributed by atoms with Gasteiger partial charge in [0.2, 0.25) is 0 Å². The summed E-state index contributed by atoms with van der Waals surface area (Å²) in [5, 5.41) is 0. The third kappa shape index (κ3) is 3.36. The highest BCUT2D eigenvalue weighted by molar-refractivity contribution is 4.76. The Morgan fingerprint density at radius 2 is 2.00 bits per heavy atom. The molecule has 0 aromatic carbocycles. The van der Waals surface area contributed by atoms with Crippen molar-refractivity contribution < 1.29 is 4.74 Å². The standard InChI is InChI=1S/C13H24O/c1-4-12-8-6-7-9-13(12)10-11(3)14-5-2/h5,11-13H,2,4,6-10H2,1,3H3. The largest absolute Gasteiger partial charge is 0.499 e. The zero-order chi connectivity index (χ0) is 10.4. The molecule has 1 nitrogen and oxygen atoms in total. The van der Waals surface area contributed by atoms with E-state index in [1.807, 2.05) is 0 Å². The molecule has 1 saturated carbocycles. The summed E-state index contributed by atoms with van der Waals surface area (Å²) in [4.78, 5) is 0. The molecule has 3 unspecified atom stereocenters. The SMILES string of the molecule is C=COC(C)CC1CCCCC1CC. The summed E-state index contributed by atoms with van der Waals surface area (Å²) in [6.07, 6.45) is 10.2. The van der Waals surface area contributed by atoms with Gasteiger partial charge in [0.25, 0.3) is 0 Å². The summed E-state index contributed by atoms with van der Waals surface area (Å²) >= 11 is 0. The van der Waals surface area contributed by atoms with E-state index in [2.05, 4.69) is 20.4 Å². The van der Waals surface area contributed by atoms with E-state index in [9.17, 15) is 0 Å². The molecule has 0 saturated heterocycles. The van der Waals surface area contributed by atoms with Crippen LogP contribution in [0.2, 0.25) is 0 Å². The fourth-order valence-electron chi connectivity index (χ4n) is 2.78. The summed E-state index contributed by atoms with van der Waals surface area (Å²) in [6, 6.07) is 0. The van der Waals surface area contributed by atoms with Gasteiger partial charge in [-0.05, 0) is 25.2 Å². The zero-order valence-electron chi connectivity index (χ0n) is 9.67. The molecule has 0 aromatic heterocycles. The molecular formula is C13H24O. The van der Waals surface area contributed by atoms with Crippen LogP contribution in [-0.4, -0.2) is 6.10 Å². The van der Waals surface area contributed by atoms with E-state index in [1.165, 1.54) is 38.5 Å². The average molecular weight is 196 g/mol. The van der Waals surface area contributed by atoms with Gasteiger partial charge in [0, 0.05) is 0 Å². The quantitative estimate of drug-likeness (QED) is 0.600. The molecule has 3 atom stereocenters. The maximum absolute atomic E-state index is 5.40. The highest BCUT2D eigenvalue weighted by atomic mass is 16.5. The van der Waals surface area contributed by atoms with Gasteiger partial charge in [-0.25, -0.2) is 0 Å². The van der Waals surface area contributed by atoms with E-state index in [0.717, 1.165) is 11.8 Å². The van der Waals surface area contributed by atoms with E-state index in [4.69, 9.17) is 4.74 Å². The van der Waals surface area contributed by atoms with Crippen LogP contribution in [0.4, 0.5) is 0 Å². The number of rotatable bonds is 5. The maximum Gasteiger partial charge on any atom is 0.0952 e. The van der Waals surface area contributed by atoms with E-state index >= 15 is 0 Å². The monoisotopic (exact) mass is 196 g/mol. The highest BCUT2D eigenvalue weighted by Gasteiger charge is 2.25. The van der Waals surface area contributed by atoms with Gasteiger partial charge >= 0.3 is 0 Å². The molecule has 1 heteroatoms. The molecule has 0 N–H and O–H groups in total. The fraction of sp³-hybridized carbons (Fsp3) is 0.846. The van der Waals surface area contributed by atoms with Crippen molar-refractivity contribution in [3.8, 4) is 0 Å². The first kappa shape index (κ1) is 11.6. The number of ether oxygens (including phenoxy) is 1. The predicted molar refractivity (Wildman–Crippen MR) is 61.1 cm³/mol. The maximum atomic E-state index is 5.40. The average Bonchev–Trinajstić information content (AvgIpc) is 2.19. The molecule has 82 valence electrons. The molecule has 1 aliphatic rings. The van der Waals surface area contributed by atoms with Gasteiger partial charge in [-0.1, -0.05) is 45.6 Å². The Hall–Kier alpha value is -0.460. The van der Waals surface area contributed by atoms with Crippen molar-refractivity contribution in [2.24, 2.45) is 11.8 Å². The third-order valence-corrected chi connectivity index (χ3v) is 3.55. The van der Waals surface area contributed by atoms with E-state index < -0.39 is 0 Å². The van der Waals surface area contributed by atoms with Gasteiger partial charge < -0.3 is 4.74 Å². The molecule has 0 heterocycles. The minimum absolute atomic E-state index is 0.352. The second-order valence-electron chi connectivity index (χ2n) is 4.56. The number of hydrogen-bond acceptors (Lipinski definition) is 1. The van der Waals surface area contributed by atoms with Crippen LogP contribution in [0.1, 0.15) is 52.4 Å². The smallest absolute Gasteiger partial charge is 0.0952 e. The molecule has 0 spiro atoms. The first-order chi connectivity index (χ1) is 6.77. The lowest BCUT2D eigenvalue weighted by atomic mass is 9.75. The van der Waals surface area contributed by atoms with Crippen LogP contribution in [-0.2, 0) is 4.74 Å². The molecule has 1 fully saturated rings. The molecule has 0 aliphatic heterocycles. The van der Waals surface area contributed by atoms with Crippen molar-refractivity contribution in [3.05, 3.63) is 12.8 Å². The topological polar surface area (TPSA) is 9.23 Å². The minimum atomic E-state index is 0.352. The molecule has 0 aromatic rings. The third-order valence-electron chi connectivity index (χ3n) is 3.55. The van der Waals surface area contributed by atoms with Crippen molar-refractivity contribution in [3.63, 3.8) is 0 Å². The molecule has 0 amide bonds. The van der Waals surface area contributed by atoms with Crippen LogP contribution < -0.4 is 0 Å². The van der Waals surface area contributed by atoms with Crippen LogP contribution in [0.3, 0.4) is 0 Å². The van der Waals surface area contributed by atoms with Gasteiger partial charge in [-0.15, -0.1) is 0 Å². The molecule has 1 rings (SSSR count). The lowest BCUT2D eigenvalue weighted by molar-refractivity contribution is 0.0998. The second-order valence-corrected chi connectivity index (χ2v) is 4.56. The van der Waals surface area contributed by atoms with E-state index in [-0.39, 0.29) is 0 Å². The van der Waals surface area contributed by atoms with Crippen LogP contribution in [0.25, 0.3) is 0 Å². The van der Waals surface area contributed by atoms with Crippen LogP contribution in [0, 0.1) is 11.8 Å². The normalized spacial score (nSPS) is 29.6. The summed E-state index contributed by atoms with van der Waals surface area (Å²) in [7, 11) is 0. The van der Waals surface area contributed by atoms with Crippen LogP contribution in [0.5, 0.6) is 0 Å². The lowest BCUT2D eigenvalue weighted by Crippen LogP contribution is -2.23. The molecular weight excluding hydrogens is 172 g/mol. The molecule has 14 heavy (non-hydrogen) atoms. The Bertz CT molecular complexity index is 165. The predicted octanol–water partition coefficient (Wildman–Crippen LogP) is 4.14. The van der Waals surface area contributed by atoms with E-state index in [1.54, 1.807) is 6.26 Å². The van der Waals surface area contributed by atoms with Crippen molar-refractivity contribution in [1.29, 1.82) is 0 Å². The first-order valence-electron chi connectivity index (χ1n) is 6.04. The minimum Gasteiger partial charge on any atom is -0.499 e. The van der Waals surface area contributed by atoms with Gasteiger partial charge in [-0.3, -0.25) is 0 Å². The number of hydrogen-bond donors (Lipinski definition) is 0. The molecule has 1 aliphatic carbocycles. The Balaban J connectivity index is 2.35. The van der Waals surface area contributed by atoms with Crippen molar-refractivity contribution in [2.45, 2.75) is 58.5 Å². The van der Waals surface area contributed by atoms with Gasteiger partial charge in [0.05, 0.1) is 12.4 Å². The van der Waals surface area contributed by atoms with Crippen LogP contribution >= 0.6 is 0 Å². The second kappa shape index (κ2) is 6.10. The summed E-state index contributed by atoms with van der Waals surface area (Å²) < 4.78 is 5.40. The lowest BCUT2D eigenvalue weighted by Gasteiger charge is -2.32. The zero-order valence-corrected chi connectivity index (χ0v) is 9.67. The highest BCUT2D eigenvalue weighted by Crippen LogP contribution is 2.35.